The minimum absolute atomic E-state index is 0.00570. The molecule has 0 N–H and O–H groups in total. The molecule has 0 fully saturated rings. The third kappa shape index (κ3) is 2.60. The summed E-state index contributed by atoms with van der Waals surface area (Å²) in [4.78, 5) is 7.88. The molecular weight excluding hydrogens is 385 g/mol. The largest absolute Gasteiger partial charge is 0.458 e. The summed E-state index contributed by atoms with van der Waals surface area (Å²) in [5.74, 6) is 3.00. The van der Waals surface area contributed by atoms with E-state index in [1.165, 1.54) is 6.07 Å². The van der Waals surface area contributed by atoms with E-state index < -0.39 is 0 Å². The van der Waals surface area contributed by atoms with Crippen LogP contribution in [0.25, 0.3) is 16.1 Å². The van der Waals surface area contributed by atoms with E-state index in [-0.39, 0.29) is 12.4 Å². The van der Waals surface area contributed by atoms with Crippen molar-refractivity contribution in [3.05, 3.63) is 89.9 Å². The number of rotatable bonds is 1. The zero-order valence-corrected chi connectivity index (χ0v) is 16.2. The van der Waals surface area contributed by atoms with Crippen molar-refractivity contribution in [2.24, 2.45) is 0 Å². The number of hydrogen-bond donors (Lipinski definition) is 0. The number of pyridine rings is 1. The van der Waals surface area contributed by atoms with Gasteiger partial charge in [-0.15, -0.1) is 0 Å². The number of aromatic nitrogens is 1. The average Bonchev–Trinajstić information content (AvgIpc) is 2.83. The number of nitriles is 1. The van der Waals surface area contributed by atoms with Crippen LogP contribution in [0.15, 0.2) is 72.8 Å². The lowest BCUT2D eigenvalue weighted by Gasteiger charge is -2.33. The van der Waals surface area contributed by atoms with E-state index >= 15 is 0 Å². The molecule has 2 aliphatic heterocycles. The molecule has 0 amide bonds. The van der Waals surface area contributed by atoms with Crippen LogP contribution in [0.3, 0.4) is 0 Å². The predicted octanol–water partition coefficient (Wildman–Crippen LogP) is 3.90. The van der Waals surface area contributed by atoms with Crippen molar-refractivity contribution >= 4 is 28.8 Å². The normalized spacial score (nSPS) is 12.3. The van der Waals surface area contributed by atoms with E-state index in [0.717, 1.165) is 33.5 Å². The Kier molecular flexibility index (Phi) is 3.62. The van der Waals surface area contributed by atoms with Crippen LogP contribution in [0.1, 0.15) is 5.69 Å². The smallest absolute Gasteiger partial charge is 0.260 e. The molecule has 6 heteroatoms. The van der Waals surface area contributed by atoms with Crippen LogP contribution < -0.4 is 25.9 Å². The molecule has 0 radical (unpaired) electrons. The maximum absolute atomic E-state index is 9.32. The molecule has 3 heterocycles. The van der Waals surface area contributed by atoms with Gasteiger partial charge in [-0.1, -0.05) is 36.4 Å². The molecule has 0 unspecified atom stereocenters. The highest BCUT2D eigenvalue weighted by atomic mass is 16.5. The first-order chi connectivity index (χ1) is 15.2. The average molecular weight is 397 g/mol. The van der Waals surface area contributed by atoms with Gasteiger partial charge in [0.15, 0.2) is 5.69 Å². The first-order valence-corrected chi connectivity index (χ1v) is 9.76. The van der Waals surface area contributed by atoms with E-state index in [1.807, 2.05) is 54.6 Å². The van der Waals surface area contributed by atoms with Crippen molar-refractivity contribution in [1.29, 1.82) is 5.26 Å². The van der Waals surface area contributed by atoms with E-state index in [4.69, 9.17) is 16.0 Å². The van der Waals surface area contributed by atoms with Gasteiger partial charge in [0.05, 0.1) is 12.3 Å². The van der Waals surface area contributed by atoms with Gasteiger partial charge < -0.3 is 9.47 Å². The van der Waals surface area contributed by atoms with Crippen LogP contribution >= 0.6 is 0 Å². The Labute approximate surface area is 179 Å². The van der Waals surface area contributed by atoms with Gasteiger partial charge in [0.25, 0.3) is 6.71 Å². The van der Waals surface area contributed by atoms with Gasteiger partial charge in [-0.2, -0.15) is 5.26 Å². The molecule has 2 aliphatic rings. The van der Waals surface area contributed by atoms with Crippen molar-refractivity contribution in [2.45, 2.75) is 0 Å². The molecule has 1 aromatic heterocycles. The third-order valence-electron chi connectivity index (χ3n) is 5.64. The molecule has 0 spiro atoms. The van der Waals surface area contributed by atoms with Crippen LogP contribution in [0, 0.1) is 17.9 Å². The monoisotopic (exact) mass is 397 g/mol. The van der Waals surface area contributed by atoms with Crippen LogP contribution in [0.4, 0.5) is 5.69 Å². The van der Waals surface area contributed by atoms with Gasteiger partial charge in [-0.3, -0.25) is 0 Å². The summed E-state index contributed by atoms with van der Waals surface area (Å²) in [5, 5.41) is 9.32. The second-order valence-corrected chi connectivity index (χ2v) is 7.42. The molecule has 0 saturated heterocycles. The number of fused-ring (bicyclic) bond motifs is 4. The van der Waals surface area contributed by atoms with Crippen molar-refractivity contribution in [3.8, 4) is 40.3 Å². The molecule has 31 heavy (non-hydrogen) atoms. The first-order valence-electron chi connectivity index (χ1n) is 9.76. The van der Waals surface area contributed by atoms with Gasteiger partial charge in [-0.05, 0) is 47.3 Å². The van der Waals surface area contributed by atoms with Gasteiger partial charge in [-0.25, -0.2) is 9.83 Å². The van der Waals surface area contributed by atoms with Crippen LogP contribution in [0.2, 0.25) is 0 Å². The topological polar surface area (TPSA) is 59.5 Å². The minimum atomic E-state index is 0.00570. The van der Waals surface area contributed by atoms with Crippen LogP contribution in [-0.4, -0.2) is 11.7 Å². The molecule has 4 aromatic rings. The maximum atomic E-state index is 9.32. The Morgan fingerprint density at radius 2 is 1.45 bits per heavy atom. The fraction of sp³-hybridized carbons (Fsp3) is 0. The standard InChI is InChI=1S/C25H12BN3O2/c1-28-16-12-17(14-27)29-20(13-16)15-10-23-25-24(11-15)31-22-9-5-3-7-19(22)26(25)18-6-2-4-8-21(18)30-23/h2-13H. The van der Waals surface area contributed by atoms with E-state index in [0.29, 0.717) is 22.9 Å². The lowest BCUT2D eigenvalue weighted by Crippen LogP contribution is -2.57. The van der Waals surface area contributed by atoms with E-state index in [1.54, 1.807) is 6.07 Å². The molecule has 142 valence electrons. The Balaban J connectivity index is 1.61. The SMILES string of the molecule is [C-]#[N+]c1cc(C#N)nc(-c2cc3c4c(c2)Oc2ccccc2B4c2ccccc2O3)c1. The number of nitrogens with zero attached hydrogens (tertiary/aromatic N) is 3. The highest BCUT2D eigenvalue weighted by Gasteiger charge is 2.40. The molecule has 5 nitrogen and oxygen atoms in total. The third-order valence-corrected chi connectivity index (χ3v) is 5.64. The van der Waals surface area contributed by atoms with Gasteiger partial charge >= 0.3 is 0 Å². The fourth-order valence-electron chi connectivity index (χ4n) is 4.33. The summed E-state index contributed by atoms with van der Waals surface area (Å²) in [6.07, 6.45) is 0. The van der Waals surface area contributed by atoms with E-state index in [9.17, 15) is 5.26 Å². The second kappa shape index (κ2) is 6.48. The first kappa shape index (κ1) is 17.3. The summed E-state index contributed by atoms with van der Waals surface area (Å²) in [6, 6.07) is 25.1. The summed E-state index contributed by atoms with van der Waals surface area (Å²) in [5.41, 5.74) is 5.00. The highest BCUT2D eigenvalue weighted by molar-refractivity contribution is 6.98. The molecular formula is C25H12BN3O2. The Bertz CT molecular complexity index is 1380. The fourth-order valence-corrected chi connectivity index (χ4v) is 4.33. The molecule has 0 saturated carbocycles. The van der Waals surface area contributed by atoms with Gasteiger partial charge in [0.2, 0.25) is 0 Å². The van der Waals surface area contributed by atoms with Crippen molar-refractivity contribution in [2.75, 3.05) is 0 Å². The summed E-state index contributed by atoms with van der Waals surface area (Å²) < 4.78 is 12.6. The van der Waals surface area contributed by atoms with Crippen molar-refractivity contribution < 1.29 is 9.47 Å². The van der Waals surface area contributed by atoms with E-state index in [2.05, 4.69) is 22.0 Å². The Morgan fingerprint density at radius 3 is 2.03 bits per heavy atom. The number of benzene rings is 3. The van der Waals surface area contributed by atoms with Crippen LogP contribution in [-0.2, 0) is 0 Å². The summed E-state index contributed by atoms with van der Waals surface area (Å²) in [6.45, 7) is 7.35. The second-order valence-electron chi connectivity index (χ2n) is 7.42. The quantitative estimate of drug-likeness (QED) is 0.312. The zero-order chi connectivity index (χ0) is 20.9. The summed E-state index contributed by atoms with van der Waals surface area (Å²) >= 11 is 0. The predicted molar refractivity (Wildman–Crippen MR) is 118 cm³/mol. The molecule has 6 rings (SSSR count). The van der Waals surface area contributed by atoms with Crippen molar-refractivity contribution in [3.63, 3.8) is 0 Å². The van der Waals surface area contributed by atoms with Gasteiger partial charge in [0.1, 0.15) is 34.8 Å². The molecule has 0 aliphatic carbocycles. The number of ether oxygens (including phenoxy) is 2. The maximum Gasteiger partial charge on any atom is 0.260 e. The Morgan fingerprint density at radius 1 is 0.839 bits per heavy atom. The number of hydrogen-bond acceptors (Lipinski definition) is 4. The molecule has 0 atom stereocenters. The number of para-hydroxylation sites is 2. The lowest BCUT2D eigenvalue weighted by atomic mass is 9.35. The highest BCUT2D eigenvalue weighted by Crippen LogP contribution is 2.38. The van der Waals surface area contributed by atoms with Gasteiger partial charge in [0, 0.05) is 11.0 Å². The Hall–Kier alpha value is -4.55. The zero-order valence-electron chi connectivity index (χ0n) is 16.2. The van der Waals surface area contributed by atoms with Crippen molar-refractivity contribution in [1.82, 2.24) is 4.98 Å². The molecule has 3 aromatic carbocycles. The minimum Gasteiger partial charge on any atom is -0.458 e. The molecule has 0 bridgehead atoms. The lowest BCUT2D eigenvalue weighted by molar-refractivity contribution is 0.465. The summed E-state index contributed by atoms with van der Waals surface area (Å²) in [7, 11) is 0. The van der Waals surface area contributed by atoms with Crippen LogP contribution in [0.5, 0.6) is 23.0 Å².